The van der Waals surface area contributed by atoms with Gasteiger partial charge in [-0.15, -0.1) is 0 Å². The highest BCUT2D eigenvalue weighted by Gasteiger charge is 2.13. The Hall–Kier alpha value is -1.87. The maximum absolute atomic E-state index is 12.0. The zero-order valence-electron chi connectivity index (χ0n) is 8.35. The summed E-state index contributed by atoms with van der Waals surface area (Å²) in [5.74, 6) is -0.203. The van der Waals surface area contributed by atoms with Crippen LogP contribution in [0.1, 0.15) is 16.1 Å². The van der Waals surface area contributed by atoms with E-state index in [1.165, 1.54) is 0 Å². The van der Waals surface area contributed by atoms with Crippen molar-refractivity contribution in [3.8, 4) is 0 Å². The molecular formula is C12H9ClN2O. The number of hydrogen-bond donors (Lipinski definition) is 1. The number of anilines is 1. The molecule has 0 aliphatic rings. The fourth-order valence-corrected chi connectivity index (χ4v) is 1.63. The maximum Gasteiger partial charge on any atom is 0.212 e. The van der Waals surface area contributed by atoms with Gasteiger partial charge in [0.05, 0.1) is 5.02 Å². The van der Waals surface area contributed by atoms with E-state index < -0.39 is 0 Å². The first kappa shape index (κ1) is 10.6. The van der Waals surface area contributed by atoms with Crippen molar-refractivity contribution in [2.45, 2.75) is 0 Å². The van der Waals surface area contributed by atoms with Gasteiger partial charge in [0, 0.05) is 17.4 Å². The third-order valence-corrected chi connectivity index (χ3v) is 2.45. The second-order valence-electron chi connectivity index (χ2n) is 3.28. The Morgan fingerprint density at radius 1 is 1.25 bits per heavy atom. The van der Waals surface area contributed by atoms with Gasteiger partial charge in [0.25, 0.3) is 0 Å². The first-order valence-corrected chi connectivity index (χ1v) is 5.07. The first-order valence-electron chi connectivity index (χ1n) is 4.69. The molecule has 0 aliphatic heterocycles. The van der Waals surface area contributed by atoms with E-state index in [2.05, 4.69) is 4.98 Å². The van der Waals surface area contributed by atoms with Gasteiger partial charge in [0.2, 0.25) is 5.78 Å². The number of nitrogens with two attached hydrogens (primary N) is 1. The Morgan fingerprint density at radius 3 is 2.69 bits per heavy atom. The number of halogens is 1. The topological polar surface area (TPSA) is 56.0 Å². The van der Waals surface area contributed by atoms with Crippen LogP contribution in [0.15, 0.2) is 42.6 Å². The Morgan fingerprint density at radius 2 is 2.06 bits per heavy atom. The summed E-state index contributed by atoms with van der Waals surface area (Å²) in [4.78, 5) is 16.0. The van der Waals surface area contributed by atoms with Crippen molar-refractivity contribution in [2.24, 2.45) is 0 Å². The van der Waals surface area contributed by atoms with Crippen LogP contribution in [0.25, 0.3) is 0 Å². The van der Waals surface area contributed by atoms with Gasteiger partial charge in [-0.3, -0.25) is 9.78 Å². The number of benzene rings is 1. The molecule has 2 rings (SSSR count). The molecule has 0 saturated heterocycles. The molecule has 0 aliphatic carbocycles. The summed E-state index contributed by atoms with van der Waals surface area (Å²) in [6.45, 7) is 0. The molecule has 1 aromatic carbocycles. The number of rotatable bonds is 2. The molecule has 2 aromatic rings. The Labute approximate surface area is 97.9 Å². The van der Waals surface area contributed by atoms with Gasteiger partial charge in [0.15, 0.2) is 0 Å². The van der Waals surface area contributed by atoms with Crippen molar-refractivity contribution in [3.63, 3.8) is 0 Å². The smallest absolute Gasteiger partial charge is 0.212 e. The van der Waals surface area contributed by atoms with Gasteiger partial charge in [-0.25, -0.2) is 0 Å². The average molecular weight is 233 g/mol. The van der Waals surface area contributed by atoms with Crippen LogP contribution in [0.2, 0.25) is 5.02 Å². The van der Waals surface area contributed by atoms with Gasteiger partial charge in [-0.2, -0.15) is 0 Å². The van der Waals surface area contributed by atoms with Crippen molar-refractivity contribution < 1.29 is 4.79 Å². The van der Waals surface area contributed by atoms with Crippen molar-refractivity contribution in [1.82, 2.24) is 4.98 Å². The summed E-state index contributed by atoms with van der Waals surface area (Å²) >= 11 is 5.95. The van der Waals surface area contributed by atoms with Gasteiger partial charge in [-0.05, 0) is 30.3 Å². The normalized spacial score (nSPS) is 10.1. The largest absolute Gasteiger partial charge is 0.399 e. The van der Waals surface area contributed by atoms with Crippen LogP contribution in [0.5, 0.6) is 0 Å². The van der Waals surface area contributed by atoms with Crippen molar-refractivity contribution >= 4 is 23.1 Å². The molecule has 0 saturated carbocycles. The number of carbonyl (C=O) groups is 1. The standard InChI is InChI=1S/C12H9ClN2O/c13-10-7-8(14)4-5-9(10)12(16)11-3-1-2-6-15-11/h1-7H,14H2. The molecule has 0 atom stereocenters. The lowest BCUT2D eigenvalue weighted by molar-refractivity contribution is 0.103. The van der Waals surface area contributed by atoms with E-state index in [1.807, 2.05) is 0 Å². The van der Waals surface area contributed by atoms with Crippen LogP contribution >= 0.6 is 11.6 Å². The molecule has 1 heterocycles. The fraction of sp³-hybridized carbons (Fsp3) is 0. The minimum atomic E-state index is -0.203. The molecule has 0 spiro atoms. The number of nitrogens with zero attached hydrogens (tertiary/aromatic N) is 1. The van der Waals surface area contributed by atoms with Crippen LogP contribution in [0, 0.1) is 0 Å². The fourth-order valence-electron chi connectivity index (χ4n) is 1.35. The molecule has 16 heavy (non-hydrogen) atoms. The Kier molecular flexibility index (Phi) is 2.88. The highest BCUT2D eigenvalue weighted by atomic mass is 35.5. The zero-order valence-corrected chi connectivity index (χ0v) is 9.11. The highest BCUT2D eigenvalue weighted by molar-refractivity contribution is 6.35. The predicted octanol–water partition coefficient (Wildman–Crippen LogP) is 2.55. The predicted molar refractivity (Wildman–Crippen MR) is 63.5 cm³/mol. The molecule has 0 bridgehead atoms. The SMILES string of the molecule is Nc1ccc(C(=O)c2ccccn2)c(Cl)c1. The quantitative estimate of drug-likeness (QED) is 0.640. The highest BCUT2D eigenvalue weighted by Crippen LogP contribution is 2.21. The summed E-state index contributed by atoms with van der Waals surface area (Å²) in [5.41, 5.74) is 6.87. The van der Waals surface area contributed by atoms with Crippen LogP contribution in [0.3, 0.4) is 0 Å². The molecule has 1 aromatic heterocycles. The monoisotopic (exact) mass is 232 g/mol. The van der Waals surface area contributed by atoms with Gasteiger partial charge < -0.3 is 5.73 Å². The zero-order chi connectivity index (χ0) is 11.5. The van der Waals surface area contributed by atoms with E-state index >= 15 is 0 Å². The average Bonchev–Trinajstić information content (AvgIpc) is 2.29. The van der Waals surface area contributed by atoms with Crippen LogP contribution in [-0.4, -0.2) is 10.8 Å². The first-order chi connectivity index (χ1) is 7.68. The van der Waals surface area contributed by atoms with E-state index in [4.69, 9.17) is 17.3 Å². The lowest BCUT2D eigenvalue weighted by atomic mass is 10.1. The van der Waals surface area contributed by atoms with Gasteiger partial charge in [0.1, 0.15) is 5.69 Å². The molecule has 0 unspecified atom stereocenters. The lowest BCUT2D eigenvalue weighted by Gasteiger charge is -2.03. The second kappa shape index (κ2) is 4.33. The van der Waals surface area contributed by atoms with Crippen molar-refractivity contribution in [2.75, 3.05) is 5.73 Å². The van der Waals surface area contributed by atoms with E-state index in [0.717, 1.165) is 0 Å². The van der Waals surface area contributed by atoms with Crippen molar-refractivity contribution in [3.05, 3.63) is 58.9 Å². The van der Waals surface area contributed by atoms with Gasteiger partial charge >= 0.3 is 0 Å². The molecule has 3 nitrogen and oxygen atoms in total. The van der Waals surface area contributed by atoms with E-state index in [-0.39, 0.29) is 5.78 Å². The molecule has 80 valence electrons. The molecule has 0 fully saturated rings. The number of hydrogen-bond acceptors (Lipinski definition) is 3. The molecule has 4 heteroatoms. The maximum atomic E-state index is 12.0. The Bertz CT molecular complexity index is 526. The number of ketones is 1. The van der Waals surface area contributed by atoms with Crippen LogP contribution in [-0.2, 0) is 0 Å². The summed E-state index contributed by atoms with van der Waals surface area (Å²) in [5, 5.41) is 0.343. The van der Waals surface area contributed by atoms with E-state index in [0.29, 0.717) is 22.0 Å². The third kappa shape index (κ3) is 2.04. The molecule has 0 amide bonds. The number of pyridine rings is 1. The minimum Gasteiger partial charge on any atom is -0.399 e. The van der Waals surface area contributed by atoms with Crippen molar-refractivity contribution in [1.29, 1.82) is 0 Å². The van der Waals surface area contributed by atoms with E-state index in [1.54, 1.807) is 42.6 Å². The number of aromatic nitrogens is 1. The van der Waals surface area contributed by atoms with Crippen LogP contribution < -0.4 is 5.73 Å². The summed E-state index contributed by atoms with van der Waals surface area (Å²) in [6.07, 6.45) is 1.57. The molecule has 2 N–H and O–H groups in total. The lowest BCUT2D eigenvalue weighted by Crippen LogP contribution is -2.04. The van der Waals surface area contributed by atoms with Crippen LogP contribution in [0.4, 0.5) is 5.69 Å². The van der Waals surface area contributed by atoms with E-state index in [9.17, 15) is 4.79 Å². The third-order valence-electron chi connectivity index (χ3n) is 2.14. The number of nitrogen functional groups attached to an aromatic ring is 1. The second-order valence-corrected chi connectivity index (χ2v) is 3.69. The molecule has 0 radical (unpaired) electrons. The Balaban J connectivity index is 2.42. The molecular weight excluding hydrogens is 224 g/mol. The number of carbonyl (C=O) groups excluding carboxylic acids is 1. The summed E-state index contributed by atoms with van der Waals surface area (Å²) in [7, 11) is 0. The van der Waals surface area contributed by atoms with Gasteiger partial charge in [-0.1, -0.05) is 17.7 Å². The summed E-state index contributed by atoms with van der Waals surface area (Å²) in [6, 6.07) is 9.95. The summed E-state index contributed by atoms with van der Waals surface area (Å²) < 4.78 is 0. The minimum absolute atomic E-state index is 0.203.